The van der Waals surface area contributed by atoms with Crippen molar-refractivity contribution in [3.63, 3.8) is 0 Å². The van der Waals surface area contributed by atoms with Crippen LogP contribution in [0.1, 0.15) is 35.8 Å². The Balaban J connectivity index is 2.54. The topological polar surface area (TPSA) is 54.0 Å². The van der Waals surface area contributed by atoms with Gasteiger partial charge in [0.2, 0.25) is 0 Å². The Labute approximate surface area is 225 Å². The molecule has 0 heterocycles. The third-order valence-electron chi connectivity index (χ3n) is 5.34. The number of hydrogen-bond donors (Lipinski definition) is 0. The predicted octanol–water partition coefficient (Wildman–Crippen LogP) is 7.28. The van der Waals surface area contributed by atoms with Gasteiger partial charge in [0.15, 0.2) is 28.8 Å². The van der Waals surface area contributed by atoms with Crippen LogP contribution in [0.4, 0.5) is 26.3 Å². The Bertz CT molecular complexity index is 980. The third-order valence-corrected chi connectivity index (χ3v) is 5.87. The van der Waals surface area contributed by atoms with Gasteiger partial charge >= 0.3 is 12.4 Å². The van der Waals surface area contributed by atoms with E-state index in [0.29, 0.717) is 12.8 Å². The van der Waals surface area contributed by atoms with E-state index < -0.39 is 41.1 Å². The van der Waals surface area contributed by atoms with Crippen molar-refractivity contribution in [2.75, 3.05) is 39.2 Å². The number of benzene rings is 2. The highest BCUT2D eigenvalue weighted by Gasteiger charge is 2.55. The van der Waals surface area contributed by atoms with E-state index in [0.717, 1.165) is 50.6 Å². The van der Waals surface area contributed by atoms with Crippen LogP contribution in [-0.4, -0.2) is 57.3 Å². The summed E-state index contributed by atoms with van der Waals surface area (Å²) in [7, 11) is 2.30. The average molecular weight is 591 g/mol. The van der Waals surface area contributed by atoms with Crippen molar-refractivity contribution in [1.29, 1.82) is 0 Å². The molecule has 2 rings (SSSR count). The minimum absolute atomic E-state index is 0.0524. The molecule has 0 aliphatic heterocycles. The summed E-state index contributed by atoms with van der Waals surface area (Å²) >= 11 is 11.2. The smallest absolute Gasteiger partial charge is 0.402 e. The lowest BCUT2D eigenvalue weighted by atomic mass is 9.82. The number of hydrogen-bond acceptors (Lipinski definition) is 5. The van der Waals surface area contributed by atoms with Gasteiger partial charge < -0.3 is 18.9 Å². The van der Waals surface area contributed by atoms with E-state index in [1.165, 1.54) is 0 Å². The van der Waals surface area contributed by atoms with Gasteiger partial charge in [-0.05, 0) is 48.2 Å². The summed E-state index contributed by atoms with van der Waals surface area (Å²) in [5.74, 6) is -8.03. The van der Waals surface area contributed by atoms with Crippen LogP contribution in [0.2, 0.25) is 0 Å². The second-order valence-corrected chi connectivity index (χ2v) is 8.71. The number of ketones is 1. The molecule has 0 aliphatic rings. The van der Waals surface area contributed by atoms with Crippen LogP contribution in [0.25, 0.3) is 0 Å². The zero-order valence-corrected chi connectivity index (χ0v) is 21.9. The fourth-order valence-corrected chi connectivity index (χ4v) is 3.85. The zero-order chi connectivity index (χ0) is 28.5. The lowest BCUT2D eigenvalue weighted by molar-refractivity contribution is -0.183. The largest absolute Gasteiger partial charge is 0.493 e. The molecular weight excluding hydrogens is 565 g/mol. The molecule has 5 nitrogen and oxygen atoms in total. The number of carbonyl (C=O) groups is 1. The summed E-state index contributed by atoms with van der Waals surface area (Å²) in [6.45, 7) is 0.259. The van der Waals surface area contributed by atoms with Crippen molar-refractivity contribution >= 4 is 29.0 Å². The minimum atomic E-state index is -5.35. The van der Waals surface area contributed by atoms with Crippen molar-refractivity contribution in [2.24, 2.45) is 0 Å². The van der Waals surface area contributed by atoms with Crippen molar-refractivity contribution in [3.8, 4) is 23.0 Å². The van der Waals surface area contributed by atoms with Gasteiger partial charge in [-0.2, -0.15) is 26.3 Å². The van der Waals surface area contributed by atoms with Gasteiger partial charge in [0, 0.05) is 11.8 Å². The van der Waals surface area contributed by atoms with E-state index in [1.807, 2.05) is 0 Å². The molecule has 0 aromatic heterocycles. The van der Waals surface area contributed by atoms with Crippen molar-refractivity contribution in [2.45, 2.75) is 37.0 Å². The van der Waals surface area contributed by atoms with Crippen LogP contribution >= 0.6 is 23.2 Å². The zero-order valence-electron chi connectivity index (χ0n) is 20.4. The number of halogens is 8. The maximum absolute atomic E-state index is 14.2. The molecular formula is C25H26Cl2F6O5. The number of ether oxygens (including phenoxy) is 4. The number of methoxy groups -OCH3 is 2. The molecule has 0 spiro atoms. The molecule has 0 saturated heterocycles. The molecule has 13 heteroatoms. The highest BCUT2D eigenvalue weighted by atomic mass is 35.5. The molecule has 0 fully saturated rings. The standard InChI is InChI=1S/C25H26Cl2F6O5/c1-35-19-13-15(5-7-17(19)37-11-3-9-26)21(24(28,29)30)23(34)22(25(31,32)33)16-6-8-18(20(14-16)36-2)38-12-4-10-27/h5-8,13-14,21-22H,3-4,9-12H2,1-2H3. The summed E-state index contributed by atoms with van der Waals surface area (Å²) in [6.07, 6.45) is -9.82. The van der Waals surface area contributed by atoms with E-state index in [-0.39, 0.29) is 48.0 Å². The van der Waals surface area contributed by atoms with E-state index in [2.05, 4.69) is 0 Å². The molecule has 0 radical (unpaired) electrons. The molecule has 0 bridgehead atoms. The first kappa shape index (κ1) is 31.7. The van der Waals surface area contributed by atoms with Crippen molar-refractivity contribution < 1.29 is 50.1 Å². The molecule has 0 aliphatic carbocycles. The third kappa shape index (κ3) is 8.23. The molecule has 2 atom stereocenters. The molecule has 2 aromatic carbocycles. The van der Waals surface area contributed by atoms with Gasteiger partial charge in [-0.15, -0.1) is 23.2 Å². The molecule has 212 valence electrons. The van der Waals surface area contributed by atoms with Crippen LogP contribution in [-0.2, 0) is 4.79 Å². The number of carbonyl (C=O) groups excluding carboxylic acids is 1. The Kier molecular flexibility index (Phi) is 11.7. The second-order valence-electron chi connectivity index (χ2n) is 7.95. The fraction of sp³-hybridized carbons (Fsp3) is 0.480. The predicted molar refractivity (Wildman–Crippen MR) is 130 cm³/mol. The molecule has 0 amide bonds. The summed E-state index contributed by atoms with van der Waals surface area (Å²) in [4.78, 5) is 13.1. The van der Waals surface area contributed by atoms with Gasteiger partial charge in [0.1, 0.15) is 11.8 Å². The first-order valence-corrected chi connectivity index (χ1v) is 12.4. The number of alkyl halides is 8. The van der Waals surface area contributed by atoms with E-state index in [9.17, 15) is 31.1 Å². The highest BCUT2D eigenvalue weighted by Crippen LogP contribution is 2.47. The quantitative estimate of drug-likeness (QED) is 0.131. The monoisotopic (exact) mass is 590 g/mol. The van der Waals surface area contributed by atoms with Crippen LogP contribution in [0.3, 0.4) is 0 Å². The fourth-order valence-electron chi connectivity index (χ4n) is 3.64. The van der Waals surface area contributed by atoms with Crippen LogP contribution in [0.15, 0.2) is 36.4 Å². The Morgan fingerprint density at radius 1 is 0.711 bits per heavy atom. The SMILES string of the molecule is COc1cc(C(C(=O)C(c2ccc(OCCCCl)c(OC)c2)C(F)(F)F)C(F)(F)F)ccc1OCCCCl. The maximum atomic E-state index is 14.2. The normalized spacial score (nSPS) is 13.5. The lowest BCUT2D eigenvalue weighted by Crippen LogP contribution is -2.38. The first-order chi connectivity index (χ1) is 17.9. The van der Waals surface area contributed by atoms with Gasteiger partial charge in [-0.1, -0.05) is 12.1 Å². The molecule has 0 N–H and O–H groups in total. The Morgan fingerprint density at radius 3 is 1.37 bits per heavy atom. The summed E-state index contributed by atoms with van der Waals surface area (Å²) in [5.41, 5.74) is -1.46. The molecule has 38 heavy (non-hydrogen) atoms. The average Bonchev–Trinajstić information content (AvgIpc) is 2.84. The summed E-state index contributed by atoms with van der Waals surface area (Å²) in [6, 6.07) is 5.66. The minimum Gasteiger partial charge on any atom is -0.493 e. The lowest BCUT2D eigenvalue weighted by Gasteiger charge is -2.27. The van der Waals surface area contributed by atoms with Crippen LogP contribution in [0.5, 0.6) is 23.0 Å². The van der Waals surface area contributed by atoms with Gasteiger partial charge in [-0.3, -0.25) is 4.79 Å². The number of Topliss-reactive ketones (excluding diaryl/α,β-unsaturated/α-hetero) is 1. The molecule has 2 unspecified atom stereocenters. The molecule has 0 saturated carbocycles. The Hall–Kier alpha value is -2.53. The number of rotatable bonds is 14. The summed E-state index contributed by atoms with van der Waals surface area (Å²) < 4.78 is 106. The van der Waals surface area contributed by atoms with E-state index >= 15 is 0 Å². The van der Waals surface area contributed by atoms with Gasteiger partial charge in [0.25, 0.3) is 0 Å². The second kappa shape index (κ2) is 14.0. The first-order valence-electron chi connectivity index (χ1n) is 11.3. The summed E-state index contributed by atoms with van der Waals surface area (Å²) in [5, 5.41) is 0. The van der Waals surface area contributed by atoms with Crippen molar-refractivity contribution in [1.82, 2.24) is 0 Å². The molecule has 2 aromatic rings. The maximum Gasteiger partial charge on any atom is 0.402 e. The van der Waals surface area contributed by atoms with Crippen molar-refractivity contribution in [3.05, 3.63) is 47.5 Å². The van der Waals surface area contributed by atoms with E-state index in [1.54, 1.807) is 0 Å². The van der Waals surface area contributed by atoms with Gasteiger partial charge in [0.05, 0.1) is 27.4 Å². The highest BCUT2D eigenvalue weighted by molar-refractivity contribution is 6.18. The van der Waals surface area contributed by atoms with E-state index in [4.69, 9.17) is 42.1 Å². The Morgan fingerprint density at radius 2 is 1.08 bits per heavy atom. The van der Waals surface area contributed by atoms with Gasteiger partial charge in [-0.25, -0.2) is 0 Å². The van der Waals surface area contributed by atoms with Crippen LogP contribution < -0.4 is 18.9 Å². The van der Waals surface area contributed by atoms with Crippen LogP contribution in [0, 0.1) is 0 Å².